The lowest BCUT2D eigenvalue weighted by Gasteiger charge is -2.21. The van der Waals surface area contributed by atoms with Gasteiger partial charge in [-0.15, -0.1) is 11.3 Å². The molecular formula is C15H18N4S. The summed E-state index contributed by atoms with van der Waals surface area (Å²) in [6, 6.07) is 2.20. The van der Waals surface area contributed by atoms with E-state index in [0.717, 1.165) is 29.4 Å². The van der Waals surface area contributed by atoms with E-state index in [1.807, 2.05) is 18.4 Å². The fourth-order valence-corrected chi connectivity index (χ4v) is 4.22. The molecule has 0 amide bonds. The van der Waals surface area contributed by atoms with Crippen LogP contribution in [0.2, 0.25) is 0 Å². The number of hydrogen-bond acceptors (Lipinski definition) is 5. The molecule has 0 fully saturated rings. The van der Waals surface area contributed by atoms with Crippen molar-refractivity contribution in [2.24, 2.45) is 5.92 Å². The van der Waals surface area contributed by atoms with Crippen LogP contribution in [-0.2, 0) is 12.8 Å². The minimum Gasteiger partial charge on any atom is -0.358 e. The Hall–Kier alpha value is -1.67. The Balaban J connectivity index is 2.07. The first-order valence-electron chi connectivity index (χ1n) is 7.04. The summed E-state index contributed by atoms with van der Waals surface area (Å²) >= 11 is 1.82. The lowest BCUT2D eigenvalue weighted by molar-refractivity contribution is 0.509. The zero-order valence-corrected chi connectivity index (χ0v) is 12.7. The standard InChI is InChI=1S/C15H18N4S/c1-10-4-5-11-12(8-10)20-15-13(11)14(17-9-18-15)19(2)7-3-6-16/h9-10H,3-5,7-8H2,1-2H3/t10-/m0/s1. The van der Waals surface area contributed by atoms with Crippen LogP contribution < -0.4 is 4.90 Å². The molecule has 2 aromatic heterocycles. The molecule has 0 spiro atoms. The molecule has 0 saturated carbocycles. The predicted octanol–water partition coefficient (Wildman–Crippen LogP) is 3.17. The molecule has 0 saturated heterocycles. The molecule has 2 heterocycles. The zero-order chi connectivity index (χ0) is 14.1. The lowest BCUT2D eigenvalue weighted by atomic mass is 9.89. The molecule has 5 heteroatoms. The van der Waals surface area contributed by atoms with Gasteiger partial charge in [-0.3, -0.25) is 0 Å². The number of aromatic nitrogens is 2. The molecule has 0 N–H and O–H groups in total. The van der Waals surface area contributed by atoms with Crippen LogP contribution in [0.25, 0.3) is 10.2 Å². The summed E-state index contributed by atoms with van der Waals surface area (Å²) in [5.74, 6) is 1.75. The van der Waals surface area contributed by atoms with E-state index < -0.39 is 0 Å². The van der Waals surface area contributed by atoms with Crippen LogP contribution >= 0.6 is 11.3 Å². The highest BCUT2D eigenvalue weighted by Crippen LogP contribution is 2.40. The van der Waals surface area contributed by atoms with E-state index in [1.165, 1.54) is 22.2 Å². The summed E-state index contributed by atoms with van der Waals surface area (Å²) in [6.45, 7) is 3.03. The molecule has 3 rings (SSSR count). The monoisotopic (exact) mass is 286 g/mol. The van der Waals surface area contributed by atoms with E-state index >= 15 is 0 Å². The average Bonchev–Trinajstić information content (AvgIpc) is 2.81. The summed E-state index contributed by atoms with van der Waals surface area (Å²) in [5.41, 5.74) is 1.45. The summed E-state index contributed by atoms with van der Waals surface area (Å²) in [7, 11) is 2.01. The smallest absolute Gasteiger partial charge is 0.140 e. The highest BCUT2D eigenvalue weighted by molar-refractivity contribution is 7.19. The second-order valence-electron chi connectivity index (χ2n) is 5.56. The van der Waals surface area contributed by atoms with Crippen molar-refractivity contribution in [3.8, 4) is 6.07 Å². The third-order valence-corrected chi connectivity index (χ3v) is 5.15. The molecule has 0 bridgehead atoms. The Morgan fingerprint density at radius 1 is 1.50 bits per heavy atom. The van der Waals surface area contributed by atoms with Gasteiger partial charge in [-0.1, -0.05) is 6.92 Å². The number of thiophene rings is 1. The molecule has 1 atom stereocenters. The summed E-state index contributed by atoms with van der Waals surface area (Å²) in [4.78, 5) is 13.6. The molecule has 0 radical (unpaired) electrons. The van der Waals surface area contributed by atoms with E-state index in [4.69, 9.17) is 5.26 Å². The Morgan fingerprint density at radius 3 is 3.15 bits per heavy atom. The molecule has 2 aromatic rings. The van der Waals surface area contributed by atoms with E-state index in [1.54, 1.807) is 6.33 Å². The number of anilines is 1. The highest BCUT2D eigenvalue weighted by atomic mass is 32.1. The van der Waals surface area contributed by atoms with Crippen molar-refractivity contribution < 1.29 is 0 Å². The summed E-state index contributed by atoms with van der Waals surface area (Å²) < 4.78 is 0. The molecule has 0 aromatic carbocycles. The second kappa shape index (κ2) is 5.37. The van der Waals surface area contributed by atoms with Crippen molar-refractivity contribution in [2.75, 3.05) is 18.5 Å². The van der Waals surface area contributed by atoms with E-state index in [-0.39, 0.29) is 0 Å². The quantitative estimate of drug-likeness (QED) is 0.869. The molecule has 1 aliphatic rings. The normalized spacial score (nSPS) is 17.8. The van der Waals surface area contributed by atoms with Crippen LogP contribution in [0.3, 0.4) is 0 Å². The van der Waals surface area contributed by atoms with Gasteiger partial charge in [-0.25, -0.2) is 9.97 Å². The average molecular weight is 286 g/mol. The van der Waals surface area contributed by atoms with Crippen molar-refractivity contribution in [1.82, 2.24) is 9.97 Å². The van der Waals surface area contributed by atoms with Gasteiger partial charge in [0.15, 0.2) is 0 Å². The Morgan fingerprint density at radius 2 is 2.35 bits per heavy atom. The van der Waals surface area contributed by atoms with Crippen molar-refractivity contribution in [3.05, 3.63) is 16.8 Å². The summed E-state index contributed by atoms with van der Waals surface area (Å²) in [5, 5.41) is 9.97. The van der Waals surface area contributed by atoms with Crippen LogP contribution in [0.5, 0.6) is 0 Å². The van der Waals surface area contributed by atoms with Gasteiger partial charge in [0, 0.05) is 18.5 Å². The fourth-order valence-electron chi connectivity index (χ4n) is 2.87. The maximum Gasteiger partial charge on any atom is 0.140 e. The van der Waals surface area contributed by atoms with Crippen molar-refractivity contribution >= 4 is 27.4 Å². The molecule has 104 valence electrons. The summed E-state index contributed by atoms with van der Waals surface area (Å²) in [6.07, 6.45) is 5.70. The molecule has 4 nitrogen and oxygen atoms in total. The van der Waals surface area contributed by atoms with E-state index in [2.05, 4.69) is 27.9 Å². The number of fused-ring (bicyclic) bond motifs is 3. The first-order valence-corrected chi connectivity index (χ1v) is 7.85. The van der Waals surface area contributed by atoms with Crippen LogP contribution in [-0.4, -0.2) is 23.6 Å². The van der Waals surface area contributed by atoms with Crippen LogP contribution in [0.15, 0.2) is 6.33 Å². The van der Waals surface area contributed by atoms with Crippen LogP contribution in [0.4, 0.5) is 5.82 Å². The van der Waals surface area contributed by atoms with Crippen molar-refractivity contribution in [1.29, 1.82) is 5.26 Å². The molecule has 20 heavy (non-hydrogen) atoms. The van der Waals surface area contributed by atoms with Gasteiger partial charge in [0.05, 0.1) is 17.9 Å². The minimum atomic E-state index is 0.519. The SMILES string of the molecule is C[C@H]1CCc2c(sc3ncnc(N(C)CCC#N)c23)C1. The predicted molar refractivity (Wildman–Crippen MR) is 82.1 cm³/mol. The van der Waals surface area contributed by atoms with E-state index in [0.29, 0.717) is 13.0 Å². The Labute approximate surface area is 123 Å². The first kappa shape index (κ1) is 13.3. The van der Waals surface area contributed by atoms with Gasteiger partial charge in [0.1, 0.15) is 17.0 Å². The number of nitriles is 1. The Bertz CT molecular complexity index is 670. The third-order valence-electron chi connectivity index (χ3n) is 3.99. The maximum atomic E-state index is 8.75. The van der Waals surface area contributed by atoms with Crippen LogP contribution in [0.1, 0.15) is 30.2 Å². The molecule has 1 aliphatic carbocycles. The second-order valence-corrected chi connectivity index (χ2v) is 6.64. The van der Waals surface area contributed by atoms with Gasteiger partial charge < -0.3 is 4.90 Å². The molecule has 0 aliphatic heterocycles. The van der Waals surface area contributed by atoms with Crippen molar-refractivity contribution in [3.63, 3.8) is 0 Å². The van der Waals surface area contributed by atoms with Crippen LogP contribution in [0, 0.1) is 17.2 Å². The topological polar surface area (TPSA) is 52.8 Å². The number of hydrogen-bond donors (Lipinski definition) is 0. The number of nitrogens with zero attached hydrogens (tertiary/aromatic N) is 4. The molecule has 0 unspecified atom stereocenters. The van der Waals surface area contributed by atoms with Crippen molar-refractivity contribution in [2.45, 2.75) is 32.6 Å². The molecular weight excluding hydrogens is 268 g/mol. The minimum absolute atomic E-state index is 0.519. The van der Waals surface area contributed by atoms with Gasteiger partial charge in [0.25, 0.3) is 0 Å². The van der Waals surface area contributed by atoms with Gasteiger partial charge >= 0.3 is 0 Å². The van der Waals surface area contributed by atoms with Gasteiger partial charge in [-0.05, 0) is 30.7 Å². The maximum absolute atomic E-state index is 8.75. The van der Waals surface area contributed by atoms with Gasteiger partial charge in [-0.2, -0.15) is 5.26 Å². The highest BCUT2D eigenvalue weighted by Gasteiger charge is 2.23. The zero-order valence-electron chi connectivity index (χ0n) is 11.9. The van der Waals surface area contributed by atoms with Gasteiger partial charge in [0.2, 0.25) is 0 Å². The Kier molecular flexibility index (Phi) is 3.58. The number of rotatable bonds is 3. The fraction of sp³-hybridized carbons (Fsp3) is 0.533. The largest absolute Gasteiger partial charge is 0.358 e. The number of aryl methyl sites for hydroxylation is 1. The lowest BCUT2D eigenvalue weighted by Crippen LogP contribution is -2.20. The first-order chi connectivity index (χ1) is 9.70. The van der Waals surface area contributed by atoms with E-state index in [9.17, 15) is 0 Å². The third kappa shape index (κ3) is 2.25.